The molecule has 0 aliphatic heterocycles. The molecule has 1 aliphatic rings. The largest absolute Gasteiger partial charge is 0.390 e. The van der Waals surface area contributed by atoms with E-state index < -0.39 is 12.2 Å². The molecular weight excluding hydrogens is 354 g/mol. The lowest BCUT2D eigenvalue weighted by molar-refractivity contribution is 0.0210. The van der Waals surface area contributed by atoms with E-state index in [-0.39, 0.29) is 12.0 Å². The first-order chi connectivity index (χ1) is 13.6. The molecule has 1 fully saturated rings. The van der Waals surface area contributed by atoms with Gasteiger partial charge in [0.15, 0.2) is 5.65 Å². The van der Waals surface area contributed by atoms with Crippen molar-refractivity contribution in [2.45, 2.75) is 31.6 Å². The predicted octanol–water partition coefficient (Wildman–Crippen LogP) is 2.49. The first-order valence-corrected chi connectivity index (χ1v) is 9.42. The Labute approximate surface area is 161 Å². The fourth-order valence-electron chi connectivity index (χ4n) is 4.05. The van der Waals surface area contributed by atoms with Gasteiger partial charge in [-0.05, 0) is 23.8 Å². The second-order valence-electron chi connectivity index (χ2n) is 7.48. The molecule has 7 heteroatoms. The number of anilines is 1. The molecule has 0 saturated heterocycles. The zero-order valence-electron chi connectivity index (χ0n) is 15.4. The number of pyridine rings is 1. The van der Waals surface area contributed by atoms with Crippen molar-refractivity contribution in [2.75, 3.05) is 5.32 Å². The van der Waals surface area contributed by atoms with Crippen LogP contribution in [0.3, 0.4) is 0 Å². The van der Waals surface area contributed by atoms with E-state index >= 15 is 0 Å². The highest BCUT2D eigenvalue weighted by atomic mass is 16.3. The number of aliphatic hydroxyl groups is 2. The van der Waals surface area contributed by atoms with E-state index in [0.29, 0.717) is 12.1 Å². The molecule has 0 bridgehead atoms. The summed E-state index contributed by atoms with van der Waals surface area (Å²) in [5.41, 5.74) is 2.43. The van der Waals surface area contributed by atoms with Crippen LogP contribution in [0.4, 0.5) is 5.82 Å². The molecule has 1 saturated carbocycles. The number of hydrogen-bond acceptors (Lipinski definition) is 6. The third-order valence-corrected chi connectivity index (χ3v) is 5.61. The Morgan fingerprint density at radius 1 is 1.11 bits per heavy atom. The van der Waals surface area contributed by atoms with E-state index in [2.05, 4.69) is 21.4 Å². The minimum Gasteiger partial charge on any atom is -0.390 e. The quantitative estimate of drug-likeness (QED) is 0.509. The summed E-state index contributed by atoms with van der Waals surface area (Å²) in [5.74, 6) is 0.773. The summed E-state index contributed by atoms with van der Waals surface area (Å²) in [6, 6.07) is 11.6. The standard InChI is InChI=1S/C21H21N5O2/c1-12-8-17(21(28)20(12)27)24-18-6-7-23-19-9-16(25-26(18)19)15-11-22-10-13-4-2-3-5-14(13)15/h2-7,9-12,17,20-21,24,27-28H,8H2,1H3/t12-,17-,20-,21+/m1/s1. The molecule has 0 spiro atoms. The molecule has 1 aromatic carbocycles. The van der Waals surface area contributed by atoms with Crippen molar-refractivity contribution >= 4 is 22.2 Å². The Morgan fingerprint density at radius 2 is 1.96 bits per heavy atom. The molecule has 3 aromatic heterocycles. The summed E-state index contributed by atoms with van der Waals surface area (Å²) in [6.45, 7) is 1.94. The number of rotatable bonds is 3. The van der Waals surface area contributed by atoms with Crippen molar-refractivity contribution in [2.24, 2.45) is 5.92 Å². The second-order valence-corrected chi connectivity index (χ2v) is 7.48. The third kappa shape index (κ3) is 2.71. The first-order valence-electron chi connectivity index (χ1n) is 9.42. The van der Waals surface area contributed by atoms with Crippen LogP contribution in [0.15, 0.2) is 55.0 Å². The molecule has 0 unspecified atom stereocenters. The highest BCUT2D eigenvalue weighted by molar-refractivity contribution is 5.95. The molecule has 7 nitrogen and oxygen atoms in total. The number of aliphatic hydroxyl groups excluding tert-OH is 2. The van der Waals surface area contributed by atoms with Gasteiger partial charge in [0.05, 0.1) is 17.8 Å². The molecular formula is C21H21N5O2. The normalized spacial score (nSPS) is 24.8. The van der Waals surface area contributed by atoms with Crippen molar-refractivity contribution in [3.63, 3.8) is 0 Å². The molecule has 4 atom stereocenters. The molecule has 28 heavy (non-hydrogen) atoms. The van der Waals surface area contributed by atoms with Crippen LogP contribution in [-0.2, 0) is 0 Å². The Morgan fingerprint density at radius 3 is 2.79 bits per heavy atom. The Hall–Kier alpha value is -3.03. The van der Waals surface area contributed by atoms with Gasteiger partial charge < -0.3 is 15.5 Å². The first kappa shape index (κ1) is 17.1. The van der Waals surface area contributed by atoms with Gasteiger partial charge in [-0.1, -0.05) is 31.2 Å². The number of aromatic nitrogens is 4. The fraction of sp³-hybridized carbons (Fsp3) is 0.286. The van der Waals surface area contributed by atoms with Gasteiger partial charge in [-0.25, -0.2) is 4.98 Å². The lowest BCUT2D eigenvalue weighted by atomic mass is 10.1. The van der Waals surface area contributed by atoms with Gasteiger partial charge in [-0.3, -0.25) is 4.98 Å². The van der Waals surface area contributed by atoms with Crippen LogP contribution in [0, 0.1) is 5.92 Å². The van der Waals surface area contributed by atoms with Gasteiger partial charge in [-0.15, -0.1) is 0 Å². The maximum atomic E-state index is 10.3. The van der Waals surface area contributed by atoms with Gasteiger partial charge in [0.2, 0.25) is 0 Å². The van der Waals surface area contributed by atoms with Crippen molar-refractivity contribution in [1.82, 2.24) is 19.6 Å². The van der Waals surface area contributed by atoms with Crippen LogP contribution in [0.5, 0.6) is 0 Å². The van der Waals surface area contributed by atoms with Crippen LogP contribution in [-0.4, -0.2) is 48.0 Å². The summed E-state index contributed by atoms with van der Waals surface area (Å²) in [7, 11) is 0. The molecule has 0 amide bonds. The molecule has 142 valence electrons. The number of fused-ring (bicyclic) bond motifs is 2. The summed E-state index contributed by atoms with van der Waals surface area (Å²) in [4.78, 5) is 8.77. The van der Waals surface area contributed by atoms with Crippen LogP contribution in [0.2, 0.25) is 0 Å². The van der Waals surface area contributed by atoms with Gasteiger partial charge in [0, 0.05) is 35.6 Å². The van der Waals surface area contributed by atoms with E-state index in [1.165, 1.54) is 0 Å². The van der Waals surface area contributed by atoms with Crippen molar-refractivity contribution in [3.8, 4) is 11.3 Å². The van der Waals surface area contributed by atoms with Crippen LogP contribution < -0.4 is 5.32 Å². The molecule has 4 aromatic rings. The van der Waals surface area contributed by atoms with Crippen molar-refractivity contribution in [3.05, 3.63) is 55.0 Å². The summed E-state index contributed by atoms with van der Waals surface area (Å²) >= 11 is 0. The number of hydrogen-bond donors (Lipinski definition) is 3. The minimum atomic E-state index is -0.810. The van der Waals surface area contributed by atoms with E-state index in [4.69, 9.17) is 5.10 Å². The summed E-state index contributed by atoms with van der Waals surface area (Å²) < 4.78 is 1.74. The molecule has 5 rings (SSSR count). The van der Waals surface area contributed by atoms with Gasteiger partial charge in [0.25, 0.3) is 0 Å². The smallest absolute Gasteiger partial charge is 0.157 e. The highest BCUT2D eigenvalue weighted by Gasteiger charge is 2.39. The molecule has 3 N–H and O–H groups in total. The second kappa shape index (κ2) is 6.54. The van der Waals surface area contributed by atoms with E-state index in [0.717, 1.165) is 27.8 Å². The zero-order chi connectivity index (χ0) is 19.3. The average molecular weight is 375 g/mol. The van der Waals surface area contributed by atoms with Crippen molar-refractivity contribution < 1.29 is 10.2 Å². The van der Waals surface area contributed by atoms with Crippen LogP contribution >= 0.6 is 0 Å². The Bertz CT molecular complexity index is 1150. The van der Waals surface area contributed by atoms with E-state index in [1.807, 2.05) is 49.6 Å². The van der Waals surface area contributed by atoms with Gasteiger partial charge in [-0.2, -0.15) is 9.61 Å². The SMILES string of the molecule is C[C@@H]1C[C@@H](Nc2ccnc3cc(-c4cncc5ccccc45)nn23)[C@H](O)[C@@H]1O. The van der Waals surface area contributed by atoms with Gasteiger partial charge in [0.1, 0.15) is 11.9 Å². The molecule has 3 heterocycles. The summed E-state index contributed by atoms with van der Waals surface area (Å²) in [6.07, 6.45) is 4.53. The molecule has 1 aliphatic carbocycles. The number of nitrogens with zero attached hydrogens (tertiary/aromatic N) is 4. The van der Waals surface area contributed by atoms with Crippen molar-refractivity contribution in [1.29, 1.82) is 0 Å². The zero-order valence-corrected chi connectivity index (χ0v) is 15.4. The monoisotopic (exact) mass is 375 g/mol. The predicted molar refractivity (Wildman–Crippen MR) is 107 cm³/mol. The molecule has 0 radical (unpaired) electrons. The highest BCUT2D eigenvalue weighted by Crippen LogP contribution is 2.30. The maximum Gasteiger partial charge on any atom is 0.157 e. The topological polar surface area (TPSA) is 95.6 Å². The lowest BCUT2D eigenvalue weighted by Crippen LogP contribution is -2.35. The fourth-order valence-corrected chi connectivity index (χ4v) is 4.05. The minimum absolute atomic E-state index is 0.0415. The number of nitrogens with one attached hydrogen (secondary N) is 1. The summed E-state index contributed by atoms with van der Waals surface area (Å²) in [5, 5.41) is 30.6. The van der Waals surface area contributed by atoms with E-state index in [1.54, 1.807) is 10.7 Å². The third-order valence-electron chi connectivity index (χ3n) is 5.61. The van der Waals surface area contributed by atoms with E-state index in [9.17, 15) is 10.2 Å². The Kier molecular flexibility index (Phi) is 3.99. The maximum absolute atomic E-state index is 10.3. The Balaban J connectivity index is 1.56. The van der Waals surface area contributed by atoms with Crippen LogP contribution in [0.25, 0.3) is 27.7 Å². The van der Waals surface area contributed by atoms with Gasteiger partial charge >= 0.3 is 0 Å². The number of benzene rings is 1. The lowest BCUT2D eigenvalue weighted by Gasteiger charge is -2.19. The average Bonchev–Trinajstić information content (AvgIpc) is 3.25. The van der Waals surface area contributed by atoms with Crippen LogP contribution in [0.1, 0.15) is 13.3 Å².